The van der Waals surface area contributed by atoms with Crippen molar-refractivity contribution in [1.29, 1.82) is 0 Å². The van der Waals surface area contributed by atoms with E-state index < -0.39 is 113 Å². The molecule has 2 N–H and O–H groups in total. The van der Waals surface area contributed by atoms with Crippen LogP contribution in [0.3, 0.4) is 0 Å². The van der Waals surface area contributed by atoms with E-state index in [0.29, 0.717) is 23.6 Å². The summed E-state index contributed by atoms with van der Waals surface area (Å²) >= 11 is 6.77. The average Bonchev–Trinajstić information content (AvgIpc) is 3.98. The molecule has 2 aromatic carbocycles. The number of epoxide rings is 1. The molecular weight excluding hydrogens is 950 g/mol. The van der Waals surface area contributed by atoms with Gasteiger partial charge in [0.25, 0.3) is 0 Å². The van der Waals surface area contributed by atoms with Crippen LogP contribution in [0.4, 0.5) is 28.0 Å². The van der Waals surface area contributed by atoms with Crippen LogP contribution in [0.25, 0.3) is 0 Å². The molecule has 0 aliphatic carbocycles. The number of carbonyl (C=O) groups excluding carboxylic acids is 5. The molecule has 2 aromatic rings. The fourth-order valence-electron chi connectivity index (χ4n) is 7.72. The number of fused-ring (bicyclic) bond motifs is 5. The molecular formula is C45H54ClF4N3O12S2. The van der Waals surface area contributed by atoms with E-state index in [9.17, 15) is 46.6 Å². The molecule has 0 unspecified atom stereocenters. The molecule has 15 nitrogen and oxygen atoms in total. The number of nitrogens with one attached hydrogen (secondary N) is 1. The first kappa shape index (κ1) is 53.4. The fraction of sp³-hybridized carbons (Fsp3) is 0.533. The Morgan fingerprint density at radius 3 is 2.40 bits per heavy atom. The maximum atomic E-state index is 14.3. The predicted octanol–water partition coefficient (Wildman–Crippen LogP) is 7.23. The molecule has 0 aromatic heterocycles. The predicted molar refractivity (Wildman–Crippen MR) is 242 cm³/mol. The number of nitrogens with zero attached hydrogens (tertiary/aromatic N) is 2. The second-order valence-corrected chi connectivity index (χ2v) is 19.8. The lowest BCUT2D eigenvalue weighted by atomic mass is 9.83. The summed E-state index contributed by atoms with van der Waals surface area (Å²) in [5, 5.41) is 14.4. The number of methoxy groups -OCH3 is 2. The Bertz CT molecular complexity index is 2250. The fourth-order valence-corrected chi connectivity index (χ4v) is 10.1. The van der Waals surface area contributed by atoms with Crippen molar-refractivity contribution < 1.29 is 75.1 Å². The SMILES string of the molecule is COc1cc2cc(c1Cl)N(C)C(=O)C[C@H](OC(=O)[C@H](C)N(C)C(=O)CCSSCCCC(=O)Oc1c(F)c(F)cc(F)c1F)[C@]1(C)O[C@H]1[C@H](C)[C@@H]1C[C@@](O)(NC(=O)O1)[C@H](OC)/C=C/C=C(\C)C2. The number of hydrogen-bond acceptors (Lipinski definition) is 14. The third kappa shape index (κ3) is 12.8. The number of amides is 3. The summed E-state index contributed by atoms with van der Waals surface area (Å²) < 4.78 is 88.3. The minimum atomic E-state index is -1.89. The molecule has 0 spiro atoms. The summed E-state index contributed by atoms with van der Waals surface area (Å²) in [6.45, 7) is 6.76. The van der Waals surface area contributed by atoms with Gasteiger partial charge < -0.3 is 43.3 Å². The van der Waals surface area contributed by atoms with E-state index in [1.165, 1.54) is 66.6 Å². The highest BCUT2D eigenvalue weighted by Crippen LogP contribution is 2.49. The van der Waals surface area contributed by atoms with Crippen molar-refractivity contribution in [3.8, 4) is 11.5 Å². The zero-order valence-corrected chi connectivity index (χ0v) is 40.5. The van der Waals surface area contributed by atoms with Crippen LogP contribution in [0, 0.1) is 29.2 Å². The van der Waals surface area contributed by atoms with Crippen LogP contribution in [0.5, 0.6) is 11.5 Å². The molecule has 3 aliphatic heterocycles. The quantitative estimate of drug-likeness (QED) is 0.0368. The highest BCUT2D eigenvalue weighted by Gasteiger charge is 2.64. The number of hydrogen-bond donors (Lipinski definition) is 2. The van der Waals surface area contributed by atoms with Crippen molar-refractivity contribution in [3.05, 3.63) is 75.9 Å². The maximum Gasteiger partial charge on any atom is 0.409 e. The molecule has 3 aliphatic rings. The molecule has 368 valence electrons. The zero-order chi connectivity index (χ0) is 49.5. The minimum absolute atomic E-state index is 0.00119. The van der Waals surface area contributed by atoms with Gasteiger partial charge in [-0.15, -0.1) is 0 Å². The molecule has 2 saturated heterocycles. The van der Waals surface area contributed by atoms with Crippen LogP contribution in [-0.4, -0.2) is 121 Å². The van der Waals surface area contributed by atoms with Crippen LogP contribution in [0.15, 0.2) is 42.0 Å². The lowest BCUT2D eigenvalue weighted by molar-refractivity contribution is -0.162. The first-order valence-corrected chi connectivity index (χ1v) is 24.0. The summed E-state index contributed by atoms with van der Waals surface area (Å²) in [7, 11) is 8.37. The largest absolute Gasteiger partial charge is 0.495 e. The van der Waals surface area contributed by atoms with E-state index in [1.54, 1.807) is 38.1 Å². The Morgan fingerprint density at radius 1 is 1.07 bits per heavy atom. The number of allylic oxidation sites excluding steroid dienone is 3. The molecule has 8 atom stereocenters. The van der Waals surface area contributed by atoms with Crippen LogP contribution in [0.2, 0.25) is 5.02 Å². The van der Waals surface area contributed by atoms with Gasteiger partial charge in [-0.05, 0) is 51.3 Å². The van der Waals surface area contributed by atoms with Crippen LogP contribution < -0.4 is 19.7 Å². The third-order valence-corrected chi connectivity index (χ3v) is 14.8. The van der Waals surface area contributed by atoms with Gasteiger partial charge in [0.05, 0.1) is 25.3 Å². The lowest BCUT2D eigenvalue weighted by Crippen LogP contribution is -2.63. The van der Waals surface area contributed by atoms with E-state index in [2.05, 4.69) is 10.1 Å². The number of alkyl carbamates (subject to hydrolysis) is 1. The van der Waals surface area contributed by atoms with Gasteiger partial charge in [-0.25, -0.2) is 18.4 Å². The number of benzene rings is 2. The Morgan fingerprint density at radius 2 is 1.75 bits per heavy atom. The van der Waals surface area contributed by atoms with Gasteiger partial charge in [-0.1, -0.05) is 63.9 Å². The lowest BCUT2D eigenvalue weighted by Gasteiger charge is -2.42. The Balaban J connectivity index is 1.26. The van der Waals surface area contributed by atoms with Crippen LogP contribution in [0.1, 0.15) is 65.4 Å². The van der Waals surface area contributed by atoms with Crippen LogP contribution in [-0.2, 0) is 44.5 Å². The molecule has 0 radical (unpaired) electrons. The third-order valence-electron chi connectivity index (χ3n) is 11.9. The number of likely N-dealkylation sites (N-methyl/N-ethyl adjacent to an activating group) is 1. The van der Waals surface area contributed by atoms with E-state index in [0.717, 1.165) is 11.1 Å². The Hall–Kier alpha value is -4.54. The highest BCUT2D eigenvalue weighted by atomic mass is 35.5. The molecule has 5 rings (SSSR count). The van der Waals surface area contributed by atoms with Gasteiger partial charge in [0.1, 0.15) is 40.7 Å². The second kappa shape index (κ2) is 22.7. The standard InChI is InChI=1S/C45H54ClF4N3O12S2/c1-23-11-9-12-32(61-8)45(59)22-31(62-43(58)51-45)24(2)41-44(4,65-41)33(21-35(55)53(6)29-18-26(17-23)19-30(60-7)37(29)46)63-42(57)25(3)52(5)34(54)14-16-67-66-15-10-13-36(56)64-40-38(49)27(47)20-28(48)39(40)50/h9,11-12,18-20,24-25,31-33,41,59H,10,13-17,21-22H2,1-8H3,(H,51,58)/b12-9+,23-11+/t24-,25+,31+,32-,33+,41+,44+,45+/m1/s1. The smallest absolute Gasteiger partial charge is 0.409 e. The van der Waals surface area contributed by atoms with Gasteiger partial charge in [-0.2, -0.15) is 8.78 Å². The highest BCUT2D eigenvalue weighted by molar-refractivity contribution is 8.76. The van der Waals surface area contributed by atoms with Crippen molar-refractivity contribution in [3.63, 3.8) is 0 Å². The van der Waals surface area contributed by atoms with Crippen molar-refractivity contribution in [2.75, 3.05) is 44.7 Å². The summed E-state index contributed by atoms with van der Waals surface area (Å²) in [5.41, 5.74) is -1.24. The van der Waals surface area contributed by atoms with Crippen LogP contribution >= 0.6 is 33.2 Å². The number of anilines is 1. The molecule has 3 amide bonds. The first-order valence-electron chi connectivity index (χ1n) is 21.2. The van der Waals surface area contributed by atoms with Crippen molar-refractivity contribution in [2.24, 2.45) is 5.92 Å². The summed E-state index contributed by atoms with van der Waals surface area (Å²) in [5.74, 6) is -11.0. The molecule has 2 fully saturated rings. The first-order chi connectivity index (χ1) is 31.5. The van der Waals surface area contributed by atoms with E-state index >= 15 is 0 Å². The molecule has 67 heavy (non-hydrogen) atoms. The van der Waals surface area contributed by atoms with Gasteiger partial charge in [0.2, 0.25) is 29.2 Å². The monoisotopic (exact) mass is 1000 g/mol. The Kier molecular flexibility index (Phi) is 18.1. The molecule has 3 heterocycles. The zero-order valence-electron chi connectivity index (χ0n) is 38.1. The topological polar surface area (TPSA) is 183 Å². The number of ether oxygens (including phenoxy) is 6. The van der Waals surface area contributed by atoms with E-state index in [1.807, 2.05) is 13.0 Å². The van der Waals surface area contributed by atoms with Gasteiger partial charge in [0.15, 0.2) is 17.4 Å². The van der Waals surface area contributed by atoms with Gasteiger partial charge in [0, 0.05) is 64.0 Å². The van der Waals surface area contributed by atoms with Gasteiger partial charge >= 0.3 is 18.0 Å². The second-order valence-electron chi connectivity index (χ2n) is 16.7. The maximum absolute atomic E-state index is 14.3. The number of rotatable bonds is 14. The number of carbonyl (C=O) groups is 5. The van der Waals surface area contributed by atoms with Crippen molar-refractivity contribution in [1.82, 2.24) is 10.2 Å². The van der Waals surface area contributed by atoms with E-state index in [-0.39, 0.29) is 42.5 Å². The number of esters is 2. The van der Waals surface area contributed by atoms with Crippen molar-refractivity contribution >= 4 is 68.7 Å². The average molecular weight is 1000 g/mol. The molecule has 4 bridgehead atoms. The minimum Gasteiger partial charge on any atom is -0.495 e. The molecule has 0 saturated carbocycles. The Labute approximate surface area is 398 Å². The number of halogens is 5. The summed E-state index contributed by atoms with van der Waals surface area (Å²) in [6, 6.07) is 2.37. The molecule has 22 heteroatoms. The van der Waals surface area contributed by atoms with Gasteiger partial charge in [-0.3, -0.25) is 19.7 Å². The van der Waals surface area contributed by atoms with E-state index in [4.69, 9.17) is 35.3 Å². The number of aliphatic hydroxyl groups is 1. The summed E-state index contributed by atoms with van der Waals surface area (Å²) in [6.07, 6.45) is 0.111. The summed E-state index contributed by atoms with van der Waals surface area (Å²) in [4.78, 5) is 69.0. The van der Waals surface area contributed by atoms with Crippen molar-refractivity contribution in [2.45, 2.75) is 108 Å². The normalized spacial score (nSPS) is 27.0.